The molecule has 3 unspecified atom stereocenters. The van der Waals surface area contributed by atoms with Gasteiger partial charge in [0.25, 0.3) is 0 Å². The van der Waals surface area contributed by atoms with Crippen LogP contribution in [-0.2, 0) is 0 Å². The van der Waals surface area contributed by atoms with E-state index in [4.69, 9.17) is 5.10 Å². The van der Waals surface area contributed by atoms with Crippen LogP contribution in [0.5, 0.6) is 0 Å². The third-order valence-corrected chi connectivity index (χ3v) is 8.39. The highest BCUT2D eigenvalue weighted by Gasteiger charge is 2.33. The van der Waals surface area contributed by atoms with Crippen LogP contribution in [0.2, 0.25) is 0 Å². The van der Waals surface area contributed by atoms with Gasteiger partial charge >= 0.3 is 0 Å². The maximum Gasteiger partial charge on any atom is 0.0608 e. The van der Waals surface area contributed by atoms with E-state index in [1.54, 1.807) is 0 Å². The minimum atomic E-state index is -0.807. The summed E-state index contributed by atoms with van der Waals surface area (Å²) in [5.74, 6) is 1.23. The van der Waals surface area contributed by atoms with E-state index in [2.05, 4.69) is 39.8 Å². The molecule has 0 aromatic heterocycles. The summed E-state index contributed by atoms with van der Waals surface area (Å²) < 4.78 is 0.737. The smallest absolute Gasteiger partial charge is 0.0608 e. The summed E-state index contributed by atoms with van der Waals surface area (Å²) in [5, 5.41) is 46.3. The predicted molar refractivity (Wildman–Crippen MR) is 124 cm³/mol. The molecule has 1 heterocycles. The molecule has 0 spiro atoms. The van der Waals surface area contributed by atoms with E-state index in [-0.39, 0.29) is 22.9 Å². The first-order valence-electron chi connectivity index (χ1n) is 11.3. The van der Waals surface area contributed by atoms with Gasteiger partial charge in [-0.2, -0.15) is 5.10 Å². The highest BCUT2D eigenvalue weighted by atomic mass is 127. The number of hydroxylamine groups is 4. The van der Waals surface area contributed by atoms with E-state index >= 15 is 0 Å². The van der Waals surface area contributed by atoms with Crippen LogP contribution in [0.15, 0.2) is 5.10 Å². The lowest BCUT2D eigenvalue weighted by atomic mass is 9.85. The van der Waals surface area contributed by atoms with Gasteiger partial charge < -0.3 is 26.3 Å². The summed E-state index contributed by atoms with van der Waals surface area (Å²) in [6.45, 7) is 5.35. The fourth-order valence-corrected chi connectivity index (χ4v) is 5.70. The van der Waals surface area contributed by atoms with Gasteiger partial charge in [-0.15, -0.1) is 0 Å². The van der Waals surface area contributed by atoms with Gasteiger partial charge in [-0.1, -0.05) is 29.5 Å². The molecule has 174 valence electrons. The maximum absolute atomic E-state index is 11.7. The first-order chi connectivity index (χ1) is 14.3. The van der Waals surface area contributed by atoms with Crippen LogP contribution in [0.25, 0.3) is 0 Å². The van der Waals surface area contributed by atoms with Gasteiger partial charge in [0, 0.05) is 28.5 Å². The zero-order valence-corrected chi connectivity index (χ0v) is 20.0. The summed E-state index contributed by atoms with van der Waals surface area (Å²) in [4.78, 5) is 2.48. The number of hydrogen-bond acceptors (Lipinski definition) is 9. The predicted octanol–water partition coefficient (Wildman–Crippen LogP) is 3.33. The summed E-state index contributed by atoms with van der Waals surface area (Å²) in [5.41, 5.74) is 4.32. The number of alkyl halides is 1. The third kappa shape index (κ3) is 6.96. The first-order valence-corrected chi connectivity index (χ1v) is 12.6. The Labute approximate surface area is 193 Å². The lowest BCUT2D eigenvalue weighted by Crippen LogP contribution is -2.53. The Kier molecular flexibility index (Phi) is 9.57. The second kappa shape index (κ2) is 11.7. The number of likely N-dealkylation sites (tertiary alicyclic amines) is 1. The van der Waals surface area contributed by atoms with Crippen molar-refractivity contribution in [3.05, 3.63) is 10.4 Å². The molecule has 0 aromatic rings. The highest BCUT2D eigenvalue weighted by Crippen LogP contribution is 2.31. The summed E-state index contributed by atoms with van der Waals surface area (Å²) in [6, 6.07) is -1.83. The molecule has 0 bridgehead atoms. The molecule has 3 N–H and O–H groups in total. The lowest BCUT2D eigenvalue weighted by Gasteiger charge is -2.45. The number of piperidine rings is 1. The van der Waals surface area contributed by atoms with Crippen molar-refractivity contribution in [1.29, 1.82) is 0 Å². The Bertz CT molecular complexity index is 551. The van der Waals surface area contributed by atoms with Crippen LogP contribution in [0.1, 0.15) is 64.7 Å². The van der Waals surface area contributed by atoms with Crippen molar-refractivity contribution in [3.8, 4) is 0 Å². The molecule has 1 saturated heterocycles. The van der Waals surface area contributed by atoms with Crippen molar-refractivity contribution in [1.82, 2.24) is 20.8 Å². The number of halogens is 1. The molecular formula is C20H36IN5O4-2. The third-order valence-electron chi connectivity index (χ3n) is 7.15. The van der Waals surface area contributed by atoms with E-state index in [1.165, 1.54) is 25.7 Å². The topological polar surface area (TPSA) is 121 Å². The molecule has 2 aliphatic carbocycles. The molecular weight excluding hydrogens is 501 g/mol. The monoisotopic (exact) mass is 537 g/mol. The van der Waals surface area contributed by atoms with Gasteiger partial charge in [0.05, 0.1) is 11.8 Å². The quantitative estimate of drug-likeness (QED) is 0.196. The lowest BCUT2D eigenvalue weighted by molar-refractivity contribution is -0.137. The van der Waals surface area contributed by atoms with E-state index < -0.39 is 12.1 Å². The standard InChI is InChI=1S/C20H36IN5O4/c1-14-8-10-24(11-9-14)13-19(15-2-4-16(21)5-3-15)23-22-18-7-6-17(25(27)28)12-20(18)26(29)30/h14-18,20,22,27,29H,2-13H2,1H3/q-2. The van der Waals surface area contributed by atoms with Crippen LogP contribution >= 0.6 is 22.6 Å². The Hall–Kier alpha value is -0.0800. The first kappa shape index (κ1) is 24.6. The zero-order chi connectivity index (χ0) is 21.7. The molecule has 1 aliphatic heterocycles. The van der Waals surface area contributed by atoms with Gasteiger partial charge in [0.2, 0.25) is 0 Å². The van der Waals surface area contributed by atoms with Crippen molar-refractivity contribution in [3.63, 3.8) is 0 Å². The number of nitrogens with zero attached hydrogens (tertiary/aromatic N) is 4. The Balaban J connectivity index is 1.67. The van der Waals surface area contributed by atoms with E-state index in [0.717, 1.165) is 48.0 Å². The Morgan fingerprint density at radius 3 is 2.30 bits per heavy atom. The minimum absolute atomic E-state index is 0.0875. The van der Waals surface area contributed by atoms with Gasteiger partial charge in [-0.3, -0.25) is 15.4 Å². The Morgan fingerprint density at radius 2 is 1.70 bits per heavy atom. The zero-order valence-electron chi connectivity index (χ0n) is 17.8. The molecule has 3 fully saturated rings. The molecule has 3 aliphatic rings. The van der Waals surface area contributed by atoms with Crippen molar-refractivity contribution >= 4 is 28.3 Å². The largest absolute Gasteiger partial charge is 0.762 e. The van der Waals surface area contributed by atoms with Crippen LogP contribution in [0.4, 0.5) is 0 Å². The average Bonchev–Trinajstić information content (AvgIpc) is 2.73. The fraction of sp³-hybridized carbons (Fsp3) is 0.950. The number of hydrazone groups is 1. The van der Waals surface area contributed by atoms with Gasteiger partial charge in [-0.25, -0.2) is 0 Å². The molecule has 10 heteroatoms. The Morgan fingerprint density at radius 1 is 1.03 bits per heavy atom. The molecule has 0 radical (unpaired) electrons. The van der Waals surface area contributed by atoms with Crippen LogP contribution < -0.4 is 5.43 Å². The normalized spacial score (nSPS) is 35.2. The molecule has 3 atom stereocenters. The molecule has 2 saturated carbocycles. The number of hydrogen-bond donors (Lipinski definition) is 3. The highest BCUT2D eigenvalue weighted by molar-refractivity contribution is 14.1. The van der Waals surface area contributed by atoms with Crippen LogP contribution in [-0.4, -0.2) is 73.2 Å². The number of nitrogens with one attached hydrogen (secondary N) is 1. The fourth-order valence-electron chi connectivity index (χ4n) is 4.98. The van der Waals surface area contributed by atoms with E-state index in [9.17, 15) is 20.8 Å². The number of rotatable bonds is 7. The van der Waals surface area contributed by atoms with Gasteiger partial charge in [-0.05, 0) is 76.8 Å². The van der Waals surface area contributed by atoms with Crippen molar-refractivity contribution in [2.75, 3.05) is 19.6 Å². The maximum atomic E-state index is 11.7. The summed E-state index contributed by atoms with van der Waals surface area (Å²) >= 11 is 2.54. The van der Waals surface area contributed by atoms with E-state index in [0.29, 0.717) is 18.8 Å². The molecule has 0 amide bonds. The molecule has 0 aromatic carbocycles. The summed E-state index contributed by atoms with van der Waals surface area (Å²) in [6.07, 6.45) is 8.17. The van der Waals surface area contributed by atoms with Crippen molar-refractivity contribution in [2.24, 2.45) is 16.9 Å². The average molecular weight is 537 g/mol. The molecule has 30 heavy (non-hydrogen) atoms. The van der Waals surface area contributed by atoms with Gasteiger partial charge in [0.1, 0.15) is 0 Å². The molecule has 3 rings (SSSR count). The van der Waals surface area contributed by atoms with Crippen molar-refractivity contribution in [2.45, 2.75) is 86.8 Å². The second-order valence-corrected chi connectivity index (χ2v) is 11.1. The molecule has 9 nitrogen and oxygen atoms in total. The van der Waals surface area contributed by atoms with Gasteiger partial charge in [0.15, 0.2) is 0 Å². The van der Waals surface area contributed by atoms with Crippen LogP contribution in [0, 0.1) is 22.3 Å². The van der Waals surface area contributed by atoms with Crippen LogP contribution in [0.3, 0.4) is 0 Å². The van der Waals surface area contributed by atoms with E-state index in [1.807, 2.05) is 0 Å². The summed E-state index contributed by atoms with van der Waals surface area (Å²) in [7, 11) is 0. The second-order valence-electron chi connectivity index (χ2n) is 9.39. The minimum Gasteiger partial charge on any atom is -0.762 e. The van der Waals surface area contributed by atoms with Crippen molar-refractivity contribution < 1.29 is 10.4 Å². The SMILES string of the molecule is CC1CCN(CC(=NNC2CCC(N([O-])O)CC2N([O-])O)C2CCC(I)CC2)CC1.